The number of nitrogens with one attached hydrogen (secondary N) is 2. The van der Waals surface area contributed by atoms with Crippen molar-refractivity contribution >= 4 is 14.9 Å². The lowest BCUT2D eigenvalue weighted by molar-refractivity contribution is -0.142. The Kier molecular flexibility index (Phi) is 7.77. The van der Waals surface area contributed by atoms with E-state index in [9.17, 15) is 14.4 Å². The van der Waals surface area contributed by atoms with Crippen LogP contribution in [0.1, 0.15) is 32.9 Å². The first-order chi connectivity index (χ1) is 12.0. The summed E-state index contributed by atoms with van der Waals surface area (Å²) in [6.07, 6.45) is 2.38. The first kappa shape index (κ1) is 19.8. The highest BCUT2D eigenvalue weighted by Crippen LogP contribution is 2.33. The lowest BCUT2D eigenvalue weighted by Crippen LogP contribution is -2.33. The molecule has 1 fully saturated rings. The molecule has 2 N–H and O–H groups in total. The first-order valence-electron chi connectivity index (χ1n) is 8.23. The predicted octanol–water partition coefficient (Wildman–Crippen LogP) is 0.528. The van der Waals surface area contributed by atoms with Crippen LogP contribution in [0.5, 0.6) is 0 Å². The third kappa shape index (κ3) is 6.04. The average molecular weight is 373 g/mol. The van der Waals surface area contributed by atoms with Crippen molar-refractivity contribution in [1.29, 1.82) is 0 Å². The Balaban J connectivity index is 1.72. The normalized spacial score (nSPS) is 23.4. The lowest BCUT2D eigenvalue weighted by Gasteiger charge is -2.17. The number of esters is 1. The molecule has 2 heterocycles. The Hall–Kier alpha value is -1.54. The molecular formula is C15H24N3O6P. The molecule has 2 rings (SSSR count). The van der Waals surface area contributed by atoms with E-state index in [1.807, 2.05) is 13.8 Å². The number of carbonyl (C=O) groups is 1. The molecule has 0 spiro atoms. The van der Waals surface area contributed by atoms with Gasteiger partial charge in [-0.25, -0.2) is 4.79 Å². The van der Waals surface area contributed by atoms with Gasteiger partial charge in [-0.15, -0.1) is 0 Å². The molecule has 10 heteroatoms. The van der Waals surface area contributed by atoms with Crippen LogP contribution < -0.4 is 16.3 Å². The van der Waals surface area contributed by atoms with Gasteiger partial charge in [-0.3, -0.25) is 24.2 Å². The Morgan fingerprint density at radius 3 is 3.04 bits per heavy atom. The van der Waals surface area contributed by atoms with E-state index < -0.39 is 17.5 Å². The highest BCUT2D eigenvalue weighted by molar-refractivity contribution is 7.29. The molecule has 4 unspecified atom stereocenters. The quantitative estimate of drug-likeness (QED) is 0.369. The SMILES string of the molecule is CCCOC(=O)CNPOCC1CC(C)C(n2ccc(=O)[nH]c2=O)O1. The van der Waals surface area contributed by atoms with E-state index in [1.54, 1.807) is 0 Å². The van der Waals surface area contributed by atoms with Crippen molar-refractivity contribution in [3.8, 4) is 0 Å². The Labute approximate surface area is 147 Å². The van der Waals surface area contributed by atoms with Crippen LogP contribution >= 0.6 is 8.96 Å². The van der Waals surface area contributed by atoms with Crippen LogP contribution in [0.3, 0.4) is 0 Å². The zero-order valence-corrected chi connectivity index (χ0v) is 15.3. The minimum atomic E-state index is -0.486. The second kappa shape index (κ2) is 9.82. The van der Waals surface area contributed by atoms with Gasteiger partial charge in [0.2, 0.25) is 0 Å². The summed E-state index contributed by atoms with van der Waals surface area (Å²) >= 11 is 0. The van der Waals surface area contributed by atoms with Crippen molar-refractivity contribution in [2.24, 2.45) is 5.92 Å². The van der Waals surface area contributed by atoms with Crippen LogP contribution in [0.25, 0.3) is 0 Å². The van der Waals surface area contributed by atoms with E-state index in [1.165, 1.54) is 16.8 Å². The molecule has 0 bridgehead atoms. The van der Waals surface area contributed by atoms with Gasteiger partial charge in [0, 0.05) is 18.2 Å². The second-order valence-electron chi connectivity index (χ2n) is 5.87. The summed E-state index contributed by atoms with van der Waals surface area (Å²) in [6, 6.07) is 1.30. The molecule has 1 aliphatic heterocycles. The minimum Gasteiger partial charge on any atom is -0.465 e. The summed E-state index contributed by atoms with van der Waals surface area (Å²) in [7, 11) is -0.0434. The van der Waals surface area contributed by atoms with E-state index in [4.69, 9.17) is 14.0 Å². The largest absolute Gasteiger partial charge is 0.465 e. The van der Waals surface area contributed by atoms with E-state index in [2.05, 4.69) is 10.1 Å². The number of carbonyl (C=O) groups excluding carboxylic acids is 1. The van der Waals surface area contributed by atoms with E-state index in [0.29, 0.717) is 13.2 Å². The van der Waals surface area contributed by atoms with Gasteiger partial charge in [0.1, 0.15) is 6.23 Å². The molecule has 0 aromatic carbocycles. The molecule has 0 aliphatic carbocycles. The van der Waals surface area contributed by atoms with Crippen LogP contribution in [0, 0.1) is 5.92 Å². The second-order valence-corrected chi connectivity index (χ2v) is 6.71. The van der Waals surface area contributed by atoms with Crippen LogP contribution in [-0.4, -0.2) is 41.4 Å². The molecule has 140 valence electrons. The van der Waals surface area contributed by atoms with Crippen molar-refractivity contribution in [2.45, 2.75) is 39.0 Å². The first-order valence-corrected chi connectivity index (χ1v) is 9.14. The molecule has 1 aliphatic rings. The number of ether oxygens (including phenoxy) is 2. The summed E-state index contributed by atoms with van der Waals surface area (Å²) in [5.41, 5.74) is -0.920. The molecule has 0 amide bonds. The standard InChI is InChI=1S/C15H24N3O6P/c1-3-6-22-13(20)8-16-25-23-9-11-7-10(2)14(24-11)18-5-4-12(19)17-15(18)21/h4-5,10-11,14,16,25H,3,6-9H2,1-2H3,(H,17,19,21). The predicted molar refractivity (Wildman–Crippen MR) is 92.5 cm³/mol. The Bertz CT molecular complexity index is 676. The van der Waals surface area contributed by atoms with Gasteiger partial charge in [0.25, 0.3) is 5.56 Å². The number of hydrogen-bond donors (Lipinski definition) is 2. The third-order valence-corrected chi connectivity index (χ3v) is 4.32. The summed E-state index contributed by atoms with van der Waals surface area (Å²) in [5, 5.41) is 2.87. The molecule has 0 radical (unpaired) electrons. The fourth-order valence-electron chi connectivity index (χ4n) is 2.55. The monoisotopic (exact) mass is 373 g/mol. The minimum absolute atomic E-state index is 0.0434. The maximum atomic E-state index is 11.9. The smallest absolute Gasteiger partial charge is 0.330 e. The van der Waals surface area contributed by atoms with Crippen LogP contribution in [0.15, 0.2) is 21.9 Å². The average Bonchev–Trinajstić information content (AvgIpc) is 2.93. The number of H-pyrrole nitrogens is 1. The highest BCUT2D eigenvalue weighted by atomic mass is 31.1. The van der Waals surface area contributed by atoms with E-state index in [-0.39, 0.29) is 33.5 Å². The molecular weight excluding hydrogens is 349 g/mol. The molecule has 0 saturated carbocycles. The molecule has 4 atom stereocenters. The number of aromatic nitrogens is 2. The van der Waals surface area contributed by atoms with Gasteiger partial charge in [-0.1, -0.05) is 13.8 Å². The number of nitrogens with zero attached hydrogens (tertiary/aromatic N) is 1. The number of aromatic amines is 1. The van der Waals surface area contributed by atoms with E-state index >= 15 is 0 Å². The van der Waals surface area contributed by atoms with Crippen LogP contribution in [0.4, 0.5) is 0 Å². The zero-order chi connectivity index (χ0) is 18.2. The Morgan fingerprint density at radius 2 is 2.32 bits per heavy atom. The molecule has 1 aromatic heterocycles. The van der Waals surface area contributed by atoms with Gasteiger partial charge in [0.05, 0.1) is 34.8 Å². The van der Waals surface area contributed by atoms with Crippen LogP contribution in [0.2, 0.25) is 0 Å². The summed E-state index contributed by atoms with van der Waals surface area (Å²) in [6.45, 7) is 4.79. The highest BCUT2D eigenvalue weighted by Gasteiger charge is 2.34. The van der Waals surface area contributed by atoms with Crippen molar-refractivity contribution in [1.82, 2.24) is 14.6 Å². The molecule has 1 aromatic rings. The summed E-state index contributed by atoms with van der Waals surface area (Å²) < 4.78 is 17.7. The van der Waals surface area contributed by atoms with Crippen molar-refractivity contribution in [3.05, 3.63) is 33.1 Å². The van der Waals surface area contributed by atoms with E-state index in [0.717, 1.165) is 12.8 Å². The maximum absolute atomic E-state index is 11.9. The topological polar surface area (TPSA) is 112 Å². The lowest BCUT2D eigenvalue weighted by atomic mass is 10.1. The van der Waals surface area contributed by atoms with Crippen molar-refractivity contribution in [2.75, 3.05) is 19.8 Å². The van der Waals surface area contributed by atoms with Gasteiger partial charge >= 0.3 is 11.7 Å². The molecule has 1 saturated heterocycles. The summed E-state index contributed by atoms with van der Waals surface area (Å²) in [4.78, 5) is 36.5. The Morgan fingerprint density at radius 1 is 1.52 bits per heavy atom. The fourth-order valence-corrected chi connectivity index (χ4v) is 3.14. The van der Waals surface area contributed by atoms with Gasteiger partial charge in [0.15, 0.2) is 0 Å². The van der Waals surface area contributed by atoms with Gasteiger partial charge in [-0.2, -0.15) is 0 Å². The molecule has 9 nitrogen and oxygen atoms in total. The fraction of sp³-hybridized carbons (Fsp3) is 0.667. The van der Waals surface area contributed by atoms with Crippen LogP contribution in [-0.2, 0) is 18.8 Å². The number of rotatable bonds is 9. The number of hydrogen-bond acceptors (Lipinski definition) is 7. The van der Waals surface area contributed by atoms with Gasteiger partial charge < -0.3 is 14.0 Å². The van der Waals surface area contributed by atoms with Gasteiger partial charge in [-0.05, 0) is 12.8 Å². The zero-order valence-electron chi connectivity index (χ0n) is 14.3. The summed E-state index contributed by atoms with van der Waals surface area (Å²) in [5.74, 6) is -0.196. The molecule has 25 heavy (non-hydrogen) atoms. The van der Waals surface area contributed by atoms with Crippen molar-refractivity contribution < 1.29 is 18.8 Å². The maximum Gasteiger partial charge on any atom is 0.330 e. The van der Waals surface area contributed by atoms with Crippen molar-refractivity contribution in [3.63, 3.8) is 0 Å². The third-order valence-electron chi connectivity index (χ3n) is 3.69.